The number of imidazole rings is 1. The second-order valence-corrected chi connectivity index (χ2v) is 20.2. The van der Waals surface area contributed by atoms with Crippen LogP contribution in [0.5, 0.6) is 0 Å². The van der Waals surface area contributed by atoms with E-state index in [1.54, 1.807) is 0 Å². The topological polar surface area (TPSA) is 366 Å². The summed E-state index contributed by atoms with van der Waals surface area (Å²) in [4.78, 5) is 90.3. The van der Waals surface area contributed by atoms with Crippen LogP contribution < -0.4 is 40.1 Å². The van der Waals surface area contributed by atoms with Crippen molar-refractivity contribution in [2.24, 2.45) is 5.41 Å². The number of nitrogen functional groups attached to an aromatic ring is 1. The van der Waals surface area contributed by atoms with E-state index >= 15 is 0 Å². The van der Waals surface area contributed by atoms with E-state index in [0.717, 1.165) is 48.2 Å². The second kappa shape index (κ2) is 26.3. The van der Waals surface area contributed by atoms with Crippen LogP contribution in [0, 0.1) is 5.41 Å². The van der Waals surface area contributed by atoms with E-state index in [9.17, 15) is 57.9 Å². The number of phosphoric ester groups is 3. The smallest absolute Gasteiger partial charge is 0.756 e. The third-order valence-electron chi connectivity index (χ3n) is 9.24. The number of rotatable bonds is 29. The van der Waals surface area contributed by atoms with E-state index in [2.05, 4.69) is 45.9 Å². The third kappa shape index (κ3) is 19.3. The molecule has 0 spiro atoms. The minimum absolute atomic E-state index is 0. The van der Waals surface area contributed by atoms with Gasteiger partial charge in [-0.1, -0.05) is 83.9 Å². The number of aliphatic hydroxyl groups excluding tert-OH is 2. The molecule has 1 fully saturated rings. The van der Waals surface area contributed by atoms with Gasteiger partial charge >= 0.3 is 34.5 Å². The molecule has 24 nitrogen and oxygen atoms in total. The number of aromatic nitrogens is 4. The molecule has 0 radical (unpaired) electrons. The summed E-state index contributed by atoms with van der Waals surface area (Å²) in [5.41, 5.74) is 4.22. The number of nitrogens with one attached hydrogen (secondary N) is 2. The summed E-state index contributed by atoms with van der Waals surface area (Å²) >= 11 is 1.14. The van der Waals surface area contributed by atoms with Crippen molar-refractivity contribution in [3.63, 3.8) is 0 Å². The number of amides is 2. The molecule has 2 aromatic heterocycles. The Morgan fingerprint density at radius 1 is 0.984 bits per heavy atom. The number of nitrogens with zero attached hydrogens (tertiary/aromatic N) is 4. The average molecular weight is 956 g/mol. The summed E-state index contributed by atoms with van der Waals surface area (Å²) in [5.74, 6) is -1.06. The van der Waals surface area contributed by atoms with Gasteiger partial charge < -0.3 is 55.4 Å². The predicted molar refractivity (Wildman–Crippen MR) is 217 cm³/mol. The first-order chi connectivity index (χ1) is 28.6. The number of thioether (sulfide) groups is 1. The fourth-order valence-electron chi connectivity index (χ4n) is 5.94. The summed E-state index contributed by atoms with van der Waals surface area (Å²) in [5, 5.41) is 26.5. The molecule has 9 N–H and O–H groups in total. The van der Waals surface area contributed by atoms with E-state index in [-0.39, 0.29) is 60.5 Å². The van der Waals surface area contributed by atoms with Crippen molar-refractivity contribution in [1.82, 2.24) is 30.2 Å². The predicted octanol–water partition coefficient (Wildman–Crippen LogP) is -1.04. The van der Waals surface area contributed by atoms with Crippen molar-refractivity contribution in [2.75, 3.05) is 37.8 Å². The quantitative estimate of drug-likeness (QED) is 0.0274. The van der Waals surface area contributed by atoms with Crippen molar-refractivity contribution in [2.45, 2.75) is 122 Å². The zero-order valence-corrected chi connectivity index (χ0v) is 38.6. The van der Waals surface area contributed by atoms with Crippen LogP contribution in [0.4, 0.5) is 5.82 Å². The fraction of sp³-hybridized carbons (Fsp3) is 0.758. The number of nitrogens with two attached hydrogens (primary N) is 1. The van der Waals surface area contributed by atoms with Gasteiger partial charge in [0.1, 0.15) is 36.3 Å². The first kappa shape index (κ1) is 56.3. The van der Waals surface area contributed by atoms with E-state index in [0.29, 0.717) is 12.2 Å². The Balaban J connectivity index is 0.0000132. The number of carbonyl (C=O) groups is 3. The largest absolute Gasteiger partial charge is 1.00 e. The van der Waals surface area contributed by atoms with Crippen molar-refractivity contribution in [3.05, 3.63) is 12.7 Å². The maximum atomic E-state index is 12.7. The van der Waals surface area contributed by atoms with Gasteiger partial charge in [-0.15, -0.1) is 0 Å². The van der Waals surface area contributed by atoms with E-state index in [1.165, 1.54) is 52.4 Å². The number of anilines is 1. The number of hydrogen-bond donors (Lipinski definition) is 8. The molecule has 0 aliphatic carbocycles. The molecule has 2 aromatic rings. The molecule has 3 heterocycles. The summed E-state index contributed by atoms with van der Waals surface area (Å²) < 4.78 is 61.8. The zero-order chi connectivity index (χ0) is 45.4. The first-order valence-electron chi connectivity index (χ1n) is 19.6. The van der Waals surface area contributed by atoms with Crippen molar-refractivity contribution < 1.29 is 99.3 Å². The molecule has 3 rings (SSSR count). The molecule has 62 heavy (non-hydrogen) atoms. The van der Waals surface area contributed by atoms with Gasteiger partial charge in [0.25, 0.3) is 7.82 Å². The molecular formula is C33H57LiN7O17P3S. The molecule has 0 aromatic carbocycles. The van der Waals surface area contributed by atoms with Crippen LogP contribution in [-0.4, -0.2) is 118 Å². The zero-order valence-electron chi connectivity index (χ0n) is 35.1. The Morgan fingerprint density at radius 3 is 2.27 bits per heavy atom. The SMILES string of the molecule is CCCCCCCCCCCC(=O)SCCNC(=O)CCNC(=O)C(O)C(C)(C)COP(=O)([O-])OP(=O)(O)OCC1OC(n2cnc3c(N)ncnc32)C(O)C1OP(=O)(O)O.[Li+]. The third-order valence-corrected chi connectivity index (χ3v) is 13.2. The van der Waals surface area contributed by atoms with Gasteiger partial charge in [-0.25, -0.2) is 28.4 Å². The van der Waals surface area contributed by atoms with Crippen LogP contribution in [-0.2, 0) is 50.7 Å². The molecule has 29 heteroatoms. The van der Waals surface area contributed by atoms with Crippen LogP contribution in [0.2, 0.25) is 0 Å². The number of hydrogen-bond acceptors (Lipinski definition) is 19. The summed E-state index contributed by atoms with van der Waals surface area (Å²) in [6.07, 6.45) is 3.88. The Kier molecular flexibility index (Phi) is 23.9. The molecule has 1 aliphatic rings. The average Bonchev–Trinajstić information content (AvgIpc) is 3.73. The minimum Gasteiger partial charge on any atom is -0.756 e. The maximum Gasteiger partial charge on any atom is 1.00 e. The van der Waals surface area contributed by atoms with Gasteiger partial charge in [0.05, 0.1) is 19.5 Å². The number of carbonyl (C=O) groups excluding carboxylic acids is 3. The summed E-state index contributed by atoms with van der Waals surface area (Å²) in [7, 11) is -16.7. The molecular weight excluding hydrogens is 898 g/mol. The number of fused-ring (bicyclic) bond motifs is 1. The molecule has 7 unspecified atom stereocenters. The van der Waals surface area contributed by atoms with Crippen LogP contribution in [0.3, 0.4) is 0 Å². The summed E-state index contributed by atoms with van der Waals surface area (Å²) in [6, 6.07) is 0. The molecule has 2 amide bonds. The number of ether oxygens (including phenoxy) is 1. The van der Waals surface area contributed by atoms with Gasteiger partial charge in [0.2, 0.25) is 11.8 Å². The summed E-state index contributed by atoms with van der Waals surface area (Å²) in [6.45, 7) is 2.60. The Bertz CT molecular complexity index is 1900. The maximum absolute atomic E-state index is 12.7. The monoisotopic (exact) mass is 955 g/mol. The fourth-order valence-corrected chi connectivity index (χ4v) is 9.45. The van der Waals surface area contributed by atoms with Gasteiger partial charge in [-0.3, -0.25) is 32.6 Å². The standard InChI is InChI=1S/C33H58N7O17P3S.Li/c1-4-5-6-7-8-9-10-11-12-13-24(42)61-17-16-35-23(41)14-15-36-31(45)28(44)33(2,3)19-54-60(51,52)57-59(49,50)53-18-22-27(56-58(46,47)48)26(43)32(55-22)40-21-39-25-29(34)37-20-38-30(25)40;/h20-22,26-28,32,43-44H,4-19H2,1-3H3,(H,35,41)(H,36,45)(H,49,50)(H,51,52)(H2,34,37,38)(H2,46,47,48);/q;+1/p-1. The Hall–Kier alpha value is -1.84. The minimum atomic E-state index is -5.75. The molecule has 0 saturated carbocycles. The molecule has 0 bridgehead atoms. The van der Waals surface area contributed by atoms with Crippen LogP contribution in [0.15, 0.2) is 12.7 Å². The van der Waals surface area contributed by atoms with Crippen LogP contribution >= 0.6 is 35.2 Å². The molecule has 7 atom stereocenters. The van der Waals surface area contributed by atoms with Gasteiger partial charge in [-0.05, 0) is 6.42 Å². The number of aliphatic hydroxyl groups is 2. The van der Waals surface area contributed by atoms with Crippen LogP contribution in [0.25, 0.3) is 11.2 Å². The second-order valence-electron chi connectivity index (χ2n) is 14.8. The number of phosphoric acid groups is 3. The van der Waals surface area contributed by atoms with Crippen molar-refractivity contribution in [3.8, 4) is 0 Å². The van der Waals surface area contributed by atoms with Gasteiger partial charge in [0.15, 0.2) is 22.8 Å². The van der Waals surface area contributed by atoms with Gasteiger partial charge in [0, 0.05) is 37.1 Å². The van der Waals surface area contributed by atoms with E-state index < -0.39 is 84.6 Å². The first-order valence-corrected chi connectivity index (χ1v) is 25.1. The van der Waals surface area contributed by atoms with E-state index in [4.69, 9.17) is 15.0 Å². The Labute approximate surface area is 375 Å². The Morgan fingerprint density at radius 2 is 1.63 bits per heavy atom. The van der Waals surface area contributed by atoms with Gasteiger partial charge in [-0.2, -0.15) is 0 Å². The molecule has 1 aliphatic heterocycles. The molecule has 1 saturated heterocycles. The molecule has 348 valence electrons. The van der Waals surface area contributed by atoms with E-state index in [1.807, 2.05) is 0 Å². The number of unbranched alkanes of at least 4 members (excludes halogenated alkanes) is 8. The van der Waals surface area contributed by atoms with Crippen molar-refractivity contribution >= 4 is 69.1 Å². The van der Waals surface area contributed by atoms with Crippen molar-refractivity contribution in [1.29, 1.82) is 0 Å². The van der Waals surface area contributed by atoms with Crippen LogP contribution in [0.1, 0.15) is 97.6 Å². The normalized spacial score (nSPS) is 20.5.